The zero-order valence-electron chi connectivity index (χ0n) is 11.9. The van der Waals surface area contributed by atoms with Gasteiger partial charge in [0.1, 0.15) is 5.82 Å². The third kappa shape index (κ3) is 4.27. The number of rotatable bonds is 3. The highest BCUT2D eigenvalue weighted by Gasteiger charge is 2.24. The number of hydrogen-bond donors (Lipinski definition) is 1. The molecule has 1 saturated heterocycles. The van der Waals surface area contributed by atoms with Gasteiger partial charge in [-0.05, 0) is 52.9 Å². The van der Waals surface area contributed by atoms with Crippen molar-refractivity contribution in [3.63, 3.8) is 0 Å². The minimum absolute atomic E-state index is 0.0235. The van der Waals surface area contributed by atoms with Gasteiger partial charge in [-0.15, -0.1) is 0 Å². The fourth-order valence-corrected chi connectivity index (χ4v) is 2.82. The number of amides is 2. The lowest BCUT2D eigenvalue weighted by Gasteiger charge is -2.32. The molecular weight excluding hydrogens is 339 g/mol. The fraction of sp³-hybridized carbons (Fsp3) is 0.467. The Labute approximate surface area is 131 Å². The summed E-state index contributed by atoms with van der Waals surface area (Å²) in [5, 5.41) is 2.81. The average Bonchev–Trinajstić information content (AvgIpc) is 2.48. The summed E-state index contributed by atoms with van der Waals surface area (Å²) in [5.74, 6) is -0.0585. The molecule has 2 amide bonds. The third-order valence-electron chi connectivity index (χ3n) is 3.71. The first-order valence-electron chi connectivity index (χ1n) is 6.96. The van der Waals surface area contributed by atoms with E-state index in [9.17, 15) is 14.0 Å². The lowest BCUT2D eigenvalue weighted by atomic mass is 9.96. The maximum Gasteiger partial charge on any atom is 0.253 e. The maximum atomic E-state index is 13.2. The van der Waals surface area contributed by atoms with Crippen LogP contribution in [0.2, 0.25) is 0 Å². The summed E-state index contributed by atoms with van der Waals surface area (Å²) < 4.78 is 13.5. The molecule has 0 aliphatic carbocycles. The Bertz CT molecular complexity index is 542. The molecule has 1 heterocycles. The van der Waals surface area contributed by atoms with Gasteiger partial charge in [-0.25, -0.2) is 4.39 Å². The van der Waals surface area contributed by atoms with Gasteiger partial charge in [0.2, 0.25) is 5.91 Å². The van der Waals surface area contributed by atoms with E-state index < -0.39 is 0 Å². The Hall–Kier alpha value is -1.43. The molecule has 0 aromatic heterocycles. The molecule has 0 radical (unpaired) electrons. The predicted molar refractivity (Wildman–Crippen MR) is 81.4 cm³/mol. The van der Waals surface area contributed by atoms with E-state index in [-0.39, 0.29) is 17.6 Å². The summed E-state index contributed by atoms with van der Waals surface area (Å²) in [4.78, 5) is 25.0. The average molecular weight is 357 g/mol. The molecule has 1 N–H and O–H groups in total. The van der Waals surface area contributed by atoms with Crippen LogP contribution in [-0.2, 0) is 4.79 Å². The molecule has 0 spiro atoms. The smallest absolute Gasteiger partial charge is 0.253 e. The maximum absolute atomic E-state index is 13.2. The largest absolute Gasteiger partial charge is 0.356 e. The molecular formula is C15H18BrFN2O2. The summed E-state index contributed by atoms with van der Waals surface area (Å²) in [6.07, 6.45) is 1.74. The zero-order chi connectivity index (χ0) is 15.4. The monoisotopic (exact) mass is 356 g/mol. The molecule has 1 fully saturated rings. The SMILES string of the molecule is CC(=O)NCC1CCN(C(=O)c2ccc(F)c(Br)c2)CC1. The van der Waals surface area contributed by atoms with E-state index in [4.69, 9.17) is 0 Å². The summed E-state index contributed by atoms with van der Waals surface area (Å²) in [7, 11) is 0. The normalized spacial score (nSPS) is 15.9. The van der Waals surface area contributed by atoms with Gasteiger partial charge in [0, 0.05) is 32.1 Å². The highest BCUT2D eigenvalue weighted by molar-refractivity contribution is 9.10. The Morgan fingerprint density at radius 3 is 2.62 bits per heavy atom. The molecule has 2 rings (SSSR count). The number of carbonyl (C=O) groups excluding carboxylic acids is 2. The van der Waals surface area contributed by atoms with Crippen LogP contribution in [0, 0.1) is 11.7 Å². The van der Waals surface area contributed by atoms with Crippen molar-refractivity contribution in [1.82, 2.24) is 10.2 Å². The van der Waals surface area contributed by atoms with Gasteiger partial charge in [-0.3, -0.25) is 9.59 Å². The highest BCUT2D eigenvalue weighted by Crippen LogP contribution is 2.21. The van der Waals surface area contributed by atoms with E-state index in [0.29, 0.717) is 35.6 Å². The number of piperidine rings is 1. The van der Waals surface area contributed by atoms with Crippen molar-refractivity contribution < 1.29 is 14.0 Å². The highest BCUT2D eigenvalue weighted by atomic mass is 79.9. The fourth-order valence-electron chi connectivity index (χ4n) is 2.44. The van der Waals surface area contributed by atoms with Gasteiger partial charge < -0.3 is 10.2 Å². The van der Waals surface area contributed by atoms with Crippen molar-refractivity contribution in [3.8, 4) is 0 Å². The minimum Gasteiger partial charge on any atom is -0.356 e. The van der Waals surface area contributed by atoms with Gasteiger partial charge in [0.15, 0.2) is 0 Å². The van der Waals surface area contributed by atoms with Crippen LogP contribution in [0.25, 0.3) is 0 Å². The first-order valence-corrected chi connectivity index (χ1v) is 7.75. The summed E-state index contributed by atoms with van der Waals surface area (Å²) >= 11 is 3.10. The molecule has 0 atom stereocenters. The Balaban J connectivity index is 1.90. The van der Waals surface area contributed by atoms with Crippen LogP contribution in [0.4, 0.5) is 4.39 Å². The molecule has 0 saturated carbocycles. The molecule has 1 aliphatic heterocycles. The number of hydrogen-bond acceptors (Lipinski definition) is 2. The number of nitrogens with one attached hydrogen (secondary N) is 1. The summed E-state index contributed by atoms with van der Waals surface area (Å²) in [5.41, 5.74) is 0.489. The number of nitrogens with zero attached hydrogens (tertiary/aromatic N) is 1. The molecule has 1 aliphatic rings. The van der Waals surface area contributed by atoms with E-state index in [2.05, 4.69) is 21.2 Å². The quantitative estimate of drug-likeness (QED) is 0.904. The molecule has 114 valence electrons. The van der Waals surface area contributed by atoms with Crippen LogP contribution in [0.1, 0.15) is 30.1 Å². The Morgan fingerprint density at radius 2 is 2.05 bits per heavy atom. The van der Waals surface area contributed by atoms with E-state index in [1.165, 1.54) is 25.1 Å². The Morgan fingerprint density at radius 1 is 1.38 bits per heavy atom. The molecule has 1 aromatic rings. The third-order valence-corrected chi connectivity index (χ3v) is 4.32. The van der Waals surface area contributed by atoms with Crippen molar-refractivity contribution in [1.29, 1.82) is 0 Å². The van der Waals surface area contributed by atoms with Crippen LogP contribution in [0.15, 0.2) is 22.7 Å². The molecule has 0 bridgehead atoms. The van der Waals surface area contributed by atoms with E-state index in [1.54, 1.807) is 4.90 Å². The Kier molecular flexibility index (Phi) is 5.33. The van der Waals surface area contributed by atoms with Crippen molar-refractivity contribution in [2.45, 2.75) is 19.8 Å². The minimum atomic E-state index is -0.374. The predicted octanol–water partition coefficient (Wildman–Crippen LogP) is 2.58. The molecule has 0 unspecified atom stereocenters. The molecule has 21 heavy (non-hydrogen) atoms. The number of halogens is 2. The second-order valence-electron chi connectivity index (χ2n) is 5.30. The van der Waals surface area contributed by atoms with Gasteiger partial charge in [-0.2, -0.15) is 0 Å². The van der Waals surface area contributed by atoms with E-state index in [1.807, 2.05) is 0 Å². The zero-order valence-corrected chi connectivity index (χ0v) is 13.5. The van der Waals surface area contributed by atoms with Gasteiger partial charge in [-0.1, -0.05) is 0 Å². The standard InChI is InChI=1S/C15H18BrFN2O2/c1-10(20)18-9-11-4-6-19(7-5-11)15(21)12-2-3-14(17)13(16)8-12/h2-3,8,11H,4-7,9H2,1H3,(H,18,20). The molecule has 1 aromatic carbocycles. The van der Waals surface area contributed by atoms with Crippen molar-refractivity contribution in [2.75, 3.05) is 19.6 Å². The topological polar surface area (TPSA) is 49.4 Å². The summed E-state index contributed by atoms with van der Waals surface area (Å²) in [6, 6.07) is 4.31. The van der Waals surface area contributed by atoms with Gasteiger partial charge in [0.25, 0.3) is 5.91 Å². The number of carbonyl (C=O) groups is 2. The van der Waals surface area contributed by atoms with Crippen molar-refractivity contribution >= 4 is 27.7 Å². The van der Waals surface area contributed by atoms with Crippen molar-refractivity contribution in [3.05, 3.63) is 34.1 Å². The lowest BCUT2D eigenvalue weighted by molar-refractivity contribution is -0.119. The second kappa shape index (κ2) is 7.02. The molecule has 4 nitrogen and oxygen atoms in total. The summed E-state index contributed by atoms with van der Waals surface area (Å²) in [6.45, 7) is 3.50. The first-order chi connectivity index (χ1) is 9.97. The van der Waals surface area contributed by atoms with E-state index in [0.717, 1.165) is 12.8 Å². The first kappa shape index (κ1) is 15.9. The second-order valence-corrected chi connectivity index (χ2v) is 6.16. The van der Waals surface area contributed by atoms with Gasteiger partial charge in [0.05, 0.1) is 4.47 Å². The van der Waals surface area contributed by atoms with Gasteiger partial charge >= 0.3 is 0 Å². The molecule has 6 heteroatoms. The van der Waals surface area contributed by atoms with Crippen LogP contribution < -0.4 is 5.32 Å². The van der Waals surface area contributed by atoms with Crippen LogP contribution >= 0.6 is 15.9 Å². The van der Waals surface area contributed by atoms with Crippen LogP contribution in [0.5, 0.6) is 0 Å². The van der Waals surface area contributed by atoms with Crippen LogP contribution in [-0.4, -0.2) is 36.3 Å². The van der Waals surface area contributed by atoms with Crippen molar-refractivity contribution in [2.24, 2.45) is 5.92 Å². The lowest BCUT2D eigenvalue weighted by Crippen LogP contribution is -2.41. The van der Waals surface area contributed by atoms with Crippen LogP contribution in [0.3, 0.4) is 0 Å². The van der Waals surface area contributed by atoms with E-state index >= 15 is 0 Å². The number of benzene rings is 1. The number of likely N-dealkylation sites (tertiary alicyclic amines) is 1.